The third kappa shape index (κ3) is 8.78. The standard InChI is InChI=1S/C29H32F3NO3S3/c1-17(2)16-37-28(24-11-10-23(39-24)27(35)33-13-12-25(34)36-5)38-22-14-18(3)26(19(4)15-22)20-6-8-21(9-7-20)29(30,31)32/h6-11,14-15,17,28H,12-13,16H2,1-5H3,(H,33,35). The lowest BCUT2D eigenvalue weighted by Gasteiger charge is -2.19. The van der Waals surface area contributed by atoms with Crippen molar-refractivity contribution in [3.63, 3.8) is 0 Å². The molecule has 1 N–H and O–H groups in total. The largest absolute Gasteiger partial charge is 0.469 e. The predicted molar refractivity (Wildman–Crippen MR) is 156 cm³/mol. The number of carbonyl (C=O) groups excluding carboxylic acids is 2. The van der Waals surface area contributed by atoms with Crippen LogP contribution in [0.2, 0.25) is 0 Å². The molecule has 3 aromatic rings. The van der Waals surface area contributed by atoms with E-state index in [2.05, 4.69) is 36.0 Å². The van der Waals surface area contributed by atoms with E-state index < -0.39 is 11.7 Å². The van der Waals surface area contributed by atoms with Crippen LogP contribution in [-0.4, -0.2) is 31.3 Å². The SMILES string of the molecule is COC(=O)CCNC(=O)c1ccc(C(SCC(C)C)Sc2cc(C)c(-c3ccc(C(F)(F)F)cc3)c(C)c2)s1. The predicted octanol–water partition coefficient (Wildman–Crippen LogP) is 8.52. The van der Waals surface area contributed by atoms with Gasteiger partial charge in [0.2, 0.25) is 0 Å². The number of benzene rings is 2. The Balaban J connectivity index is 1.80. The first-order valence-corrected chi connectivity index (χ1v) is 15.2. The summed E-state index contributed by atoms with van der Waals surface area (Å²) in [6.07, 6.45) is -4.25. The minimum atomic E-state index is -4.36. The molecule has 2 aromatic carbocycles. The molecule has 210 valence electrons. The molecule has 1 amide bonds. The van der Waals surface area contributed by atoms with Crippen molar-refractivity contribution in [3.8, 4) is 11.1 Å². The number of hydrogen-bond acceptors (Lipinski definition) is 6. The van der Waals surface area contributed by atoms with E-state index in [0.29, 0.717) is 10.8 Å². The van der Waals surface area contributed by atoms with Crippen LogP contribution in [0.4, 0.5) is 13.2 Å². The fourth-order valence-electron chi connectivity index (χ4n) is 3.92. The highest BCUT2D eigenvalue weighted by Gasteiger charge is 2.30. The molecule has 1 heterocycles. The smallest absolute Gasteiger partial charge is 0.416 e. The maximum absolute atomic E-state index is 13.0. The third-order valence-electron chi connectivity index (χ3n) is 5.76. The Labute approximate surface area is 240 Å². The Kier molecular flexibility index (Phi) is 11.0. The van der Waals surface area contributed by atoms with Crippen LogP contribution in [0.1, 0.15) is 56.1 Å². The Morgan fingerprint density at radius 2 is 1.67 bits per heavy atom. The second-order valence-electron chi connectivity index (χ2n) is 9.47. The molecule has 0 saturated heterocycles. The summed E-state index contributed by atoms with van der Waals surface area (Å²) in [7, 11) is 1.31. The lowest BCUT2D eigenvalue weighted by molar-refractivity contribution is -0.140. The normalized spacial score (nSPS) is 12.4. The molecule has 0 aliphatic rings. The molecule has 10 heteroatoms. The number of thioether (sulfide) groups is 2. The quantitative estimate of drug-likeness (QED) is 0.137. The Morgan fingerprint density at radius 3 is 2.23 bits per heavy atom. The molecule has 1 unspecified atom stereocenters. The van der Waals surface area contributed by atoms with Crippen molar-refractivity contribution in [1.29, 1.82) is 0 Å². The molecule has 0 radical (unpaired) electrons. The summed E-state index contributed by atoms with van der Waals surface area (Å²) in [6, 6.07) is 13.2. The van der Waals surface area contributed by atoms with Crippen LogP contribution in [0.25, 0.3) is 11.1 Å². The third-order valence-corrected chi connectivity index (χ3v) is 10.3. The molecular formula is C29H32F3NO3S3. The Hall–Kier alpha value is -2.43. The molecule has 3 rings (SSSR count). The van der Waals surface area contributed by atoms with Gasteiger partial charge in [-0.2, -0.15) is 13.2 Å². The first-order chi connectivity index (χ1) is 18.4. The summed E-state index contributed by atoms with van der Waals surface area (Å²) in [5, 5.41) is 2.76. The lowest BCUT2D eigenvalue weighted by atomic mass is 9.95. The maximum atomic E-state index is 13.0. The van der Waals surface area contributed by atoms with Gasteiger partial charge in [-0.3, -0.25) is 9.59 Å². The minimum Gasteiger partial charge on any atom is -0.469 e. The first kappa shape index (κ1) is 31.1. The molecule has 0 bridgehead atoms. The summed E-state index contributed by atoms with van der Waals surface area (Å²) in [5.41, 5.74) is 3.00. The molecule has 0 aliphatic heterocycles. The van der Waals surface area contributed by atoms with Gasteiger partial charge in [-0.05, 0) is 84.2 Å². The fourth-order valence-corrected chi connectivity index (χ4v) is 7.92. The number of amides is 1. The van der Waals surface area contributed by atoms with E-state index in [0.717, 1.165) is 49.9 Å². The van der Waals surface area contributed by atoms with Gasteiger partial charge in [-0.25, -0.2) is 0 Å². The highest BCUT2D eigenvalue weighted by molar-refractivity contribution is 8.16. The van der Waals surface area contributed by atoms with Gasteiger partial charge in [0.15, 0.2) is 0 Å². The van der Waals surface area contributed by atoms with Crippen molar-refractivity contribution in [2.45, 2.75) is 49.8 Å². The number of alkyl halides is 3. The van der Waals surface area contributed by atoms with Crippen molar-refractivity contribution in [3.05, 3.63) is 75.0 Å². The van der Waals surface area contributed by atoms with Crippen LogP contribution in [0.5, 0.6) is 0 Å². The fraction of sp³-hybridized carbons (Fsp3) is 0.379. The number of thiophene rings is 1. The van der Waals surface area contributed by atoms with Crippen LogP contribution in [0, 0.1) is 19.8 Å². The number of carbonyl (C=O) groups is 2. The average Bonchev–Trinajstić information content (AvgIpc) is 3.36. The number of nitrogens with one attached hydrogen (secondary N) is 1. The van der Waals surface area contributed by atoms with Crippen LogP contribution in [0.15, 0.2) is 53.4 Å². The Morgan fingerprint density at radius 1 is 1.03 bits per heavy atom. The molecule has 1 aromatic heterocycles. The number of aryl methyl sites for hydroxylation is 2. The van der Waals surface area contributed by atoms with Crippen LogP contribution in [-0.2, 0) is 15.7 Å². The number of rotatable bonds is 11. The van der Waals surface area contributed by atoms with Gasteiger partial charge in [0.05, 0.1) is 28.6 Å². The molecule has 0 fully saturated rings. The van der Waals surface area contributed by atoms with Gasteiger partial charge in [0.25, 0.3) is 5.91 Å². The summed E-state index contributed by atoms with van der Waals surface area (Å²) >= 11 is 4.96. The highest BCUT2D eigenvalue weighted by atomic mass is 32.2. The summed E-state index contributed by atoms with van der Waals surface area (Å²) < 4.78 is 43.7. The van der Waals surface area contributed by atoms with E-state index in [4.69, 9.17) is 0 Å². The number of hydrogen-bond donors (Lipinski definition) is 1. The van der Waals surface area contributed by atoms with Crippen molar-refractivity contribution in [2.24, 2.45) is 5.92 Å². The van der Waals surface area contributed by atoms with Gasteiger partial charge in [-0.1, -0.05) is 26.0 Å². The van der Waals surface area contributed by atoms with Gasteiger partial charge in [0, 0.05) is 16.3 Å². The highest BCUT2D eigenvalue weighted by Crippen LogP contribution is 2.48. The summed E-state index contributed by atoms with van der Waals surface area (Å²) in [5.74, 6) is 0.835. The van der Waals surface area contributed by atoms with Gasteiger partial charge in [-0.15, -0.1) is 34.9 Å². The number of methoxy groups -OCH3 is 1. The maximum Gasteiger partial charge on any atom is 0.416 e. The number of ether oxygens (including phenoxy) is 1. The van der Waals surface area contributed by atoms with E-state index in [9.17, 15) is 22.8 Å². The van der Waals surface area contributed by atoms with Crippen LogP contribution in [0.3, 0.4) is 0 Å². The molecule has 39 heavy (non-hydrogen) atoms. The Bertz CT molecular complexity index is 1260. The molecule has 1 atom stereocenters. The van der Waals surface area contributed by atoms with Crippen molar-refractivity contribution >= 4 is 46.7 Å². The zero-order valence-electron chi connectivity index (χ0n) is 22.5. The molecule has 0 spiro atoms. The molecule has 0 saturated carbocycles. The van der Waals surface area contributed by atoms with E-state index in [1.165, 1.54) is 30.6 Å². The van der Waals surface area contributed by atoms with E-state index in [1.807, 2.05) is 31.7 Å². The van der Waals surface area contributed by atoms with Crippen LogP contribution >= 0.6 is 34.9 Å². The van der Waals surface area contributed by atoms with Gasteiger partial charge >= 0.3 is 12.1 Å². The van der Waals surface area contributed by atoms with Crippen molar-refractivity contribution in [2.75, 3.05) is 19.4 Å². The van der Waals surface area contributed by atoms with E-state index in [-0.39, 0.29) is 29.4 Å². The average molecular weight is 596 g/mol. The molecular weight excluding hydrogens is 564 g/mol. The monoisotopic (exact) mass is 595 g/mol. The minimum absolute atomic E-state index is 0.0599. The van der Waals surface area contributed by atoms with E-state index in [1.54, 1.807) is 17.8 Å². The topological polar surface area (TPSA) is 55.4 Å². The zero-order valence-corrected chi connectivity index (χ0v) is 24.9. The van der Waals surface area contributed by atoms with Crippen molar-refractivity contribution < 1.29 is 27.5 Å². The second kappa shape index (κ2) is 13.8. The number of esters is 1. The first-order valence-electron chi connectivity index (χ1n) is 12.4. The zero-order chi connectivity index (χ0) is 28.7. The van der Waals surface area contributed by atoms with E-state index >= 15 is 0 Å². The summed E-state index contributed by atoms with van der Waals surface area (Å²) in [4.78, 5) is 26.6. The second-order valence-corrected chi connectivity index (χ2v) is 13.2. The summed E-state index contributed by atoms with van der Waals surface area (Å²) in [6.45, 7) is 8.49. The van der Waals surface area contributed by atoms with Gasteiger partial charge in [0.1, 0.15) is 0 Å². The van der Waals surface area contributed by atoms with Crippen LogP contribution < -0.4 is 5.32 Å². The molecule has 0 aliphatic carbocycles. The lowest BCUT2D eigenvalue weighted by Crippen LogP contribution is -2.25. The number of halogens is 3. The van der Waals surface area contributed by atoms with Crippen molar-refractivity contribution in [1.82, 2.24) is 5.32 Å². The molecule has 4 nitrogen and oxygen atoms in total. The van der Waals surface area contributed by atoms with Gasteiger partial charge < -0.3 is 10.1 Å².